The Morgan fingerprint density at radius 3 is 2.75 bits per heavy atom. The van der Waals surface area contributed by atoms with Gasteiger partial charge in [-0.05, 0) is 30.4 Å². The molecule has 6 heteroatoms. The number of carbonyl (C=O) groups is 1. The van der Waals surface area contributed by atoms with Gasteiger partial charge < -0.3 is 10.1 Å². The van der Waals surface area contributed by atoms with Gasteiger partial charge in [-0.3, -0.25) is 10.1 Å². The maximum Gasteiger partial charge on any atom is 0.407 e. The zero-order valence-corrected chi connectivity index (χ0v) is 13.1. The van der Waals surface area contributed by atoms with Gasteiger partial charge in [0.25, 0.3) is 5.69 Å². The van der Waals surface area contributed by atoms with Crippen LogP contribution in [0.5, 0.6) is 0 Å². The minimum Gasteiger partial charge on any atom is -0.445 e. The van der Waals surface area contributed by atoms with Crippen molar-refractivity contribution in [2.75, 3.05) is 0 Å². The molecule has 0 aliphatic heterocycles. The number of amides is 1. The number of alkyl carbamates (subject to hydrolysis) is 1. The molecule has 0 unspecified atom stereocenters. The summed E-state index contributed by atoms with van der Waals surface area (Å²) in [6.07, 6.45) is 1.68. The van der Waals surface area contributed by atoms with Crippen molar-refractivity contribution in [3.05, 3.63) is 75.3 Å². The Morgan fingerprint density at radius 1 is 1.21 bits per heavy atom. The van der Waals surface area contributed by atoms with Crippen molar-refractivity contribution in [2.24, 2.45) is 0 Å². The van der Waals surface area contributed by atoms with E-state index in [2.05, 4.69) is 5.32 Å². The maximum atomic E-state index is 12.0. The van der Waals surface area contributed by atoms with Gasteiger partial charge in [0.1, 0.15) is 6.61 Å². The molecule has 6 nitrogen and oxygen atoms in total. The van der Waals surface area contributed by atoms with Crippen LogP contribution in [-0.4, -0.2) is 11.0 Å². The largest absolute Gasteiger partial charge is 0.445 e. The van der Waals surface area contributed by atoms with E-state index in [4.69, 9.17) is 4.74 Å². The first kappa shape index (κ1) is 16.0. The van der Waals surface area contributed by atoms with Crippen molar-refractivity contribution in [3.63, 3.8) is 0 Å². The van der Waals surface area contributed by atoms with E-state index in [-0.39, 0.29) is 23.3 Å². The third-order valence-electron chi connectivity index (χ3n) is 4.18. The van der Waals surface area contributed by atoms with E-state index in [9.17, 15) is 14.9 Å². The Bertz CT molecular complexity index is 746. The van der Waals surface area contributed by atoms with Gasteiger partial charge in [-0.1, -0.05) is 42.5 Å². The Morgan fingerprint density at radius 2 is 2.00 bits per heavy atom. The molecule has 124 valence electrons. The number of benzene rings is 2. The van der Waals surface area contributed by atoms with Gasteiger partial charge in [-0.25, -0.2) is 4.79 Å². The van der Waals surface area contributed by atoms with Crippen molar-refractivity contribution >= 4 is 11.8 Å². The number of rotatable bonds is 4. The molecule has 0 saturated carbocycles. The zero-order chi connectivity index (χ0) is 16.9. The van der Waals surface area contributed by atoms with Crippen molar-refractivity contribution in [3.8, 4) is 0 Å². The first-order valence-electron chi connectivity index (χ1n) is 7.88. The Kier molecular flexibility index (Phi) is 4.74. The fourth-order valence-electron chi connectivity index (χ4n) is 3.06. The fraction of sp³-hybridized carbons (Fsp3) is 0.278. The van der Waals surface area contributed by atoms with Crippen LogP contribution in [0.4, 0.5) is 10.5 Å². The lowest BCUT2D eigenvalue weighted by Gasteiger charge is -2.25. The molecule has 0 heterocycles. The van der Waals surface area contributed by atoms with Gasteiger partial charge in [0.05, 0.1) is 11.0 Å². The summed E-state index contributed by atoms with van der Waals surface area (Å²) in [5.74, 6) is 0. The lowest BCUT2D eigenvalue weighted by atomic mass is 9.87. The zero-order valence-electron chi connectivity index (χ0n) is 13.1. The Balaban J connectivity index is 1.68. The van der Waals surface area contributed by atoms with Crippen LogP contribution >= 0.6 is 0 Å². The highest BCUT2D eigenvalue weighted by atomic mass is 16.6. The maximum absolute atomic E-state index is 12.0. The highest BCUT2D eigenvalue weighted by Crippen LogP contribution is 2.35. The fourth-order valence-corrected chi connectivity index (χ4v) is 3.06. The molecule has 0 spiro atoms. The van der Waals surface area contributed by atoms with Crippen LogP contribution in [0.3, 0.4) is 0 Å². The molecule has 0 aromatic heterocycles. The molecule has 0 radical (unpaired) electrons. The van der Waals surface area contributed by atoms with E-state index in [1.54, 1.807) is 6.07 Å². The van der Waals surface area contributed by atoms with E-state index in [0.717, 1.165) is 24.0 Å². The minimum atomic E-state index is -0.511. The highest BCUT2D eigenvalue weighted by Gasteiger charge is 2.27. The van der Waals surface area contributed by atoms with E-state index in [1.165, 1.54) is 6.07 Å². The molecular weight excluding hydrogens is 308 g/mol. The summed E-state index contributed by atoms with van der Waals surface area (Å²) in [4.78, 5) is 22.8. The average molecular weight is 326 g/mol. The van der Waals surface area contributed by atoms with E-state index < -0.39 is 6.09 Å². The van der Waals surface area contributed by atoms with Gasteiger partial charge in [0, 0.05) is 11.6 Å². The van der Waals surface area contributed by atoms with Crippen molar-refractivity contribution in [2.45, 2.75) is 31.9 Å². The van der Waals surface area contributed by atoms with Crippen molar-refractivity contribution in [1.29, 1.82) is 0 Å². The standard InChI is InChI=1S/C18H18N2O4/c21-18(24-12-13-6-2-1-3-7-13)19-16-10-4-9-15-14(16)8-5-11-17(15)20(22)23/h1-3,5-8,11,16H,4,9-10,12H2,(H,19,21)/t16-/m0/s1. The predicted octanol–water partition coefficient (Wildman–Crippen LogP) is 3.90. The van der Waals surface area contributed by atoms with Gasteiger partial charge in [-0.15, -0.1) is 0 Å². The molecule has 2 aromatic carbocycles. The van der Waals surface area contributed by atoms with Crippen LogP contribution in [0.2, 0.25) is 0 Å². The number of hydrogen-bond donors (Lipinski definition) is 1. The second-order valence-electron chi connectivity index (χ2n) is 5.75. The normalized spacial score (nSPS) is 16.1. The summed E-state index contributed by atoms with van der Waals surface area (Å²) in [6, 6.07) is 14.2. The predicted molar refractivity (Wildman–Crippen MR) is 88.5 cm³/mol. The summed E-state index contributed by atoms with van der Waals surface area (Å²) >= 11 is 0. The monoisotopic (exact) mass is 326 g/mol. The van der Waals surface area contributed by atoms with Crippen LogP contribution < -0.4 is 5.32 Å². The molecule has 0 saturated heterocycles. The molecule has 1 N–H and O–H groups in total. The Hall–Kier alpha value is -2.89. The number of hydrogen-bond acceptors (Lipinski definition) is 4. The van der Waals surface area contributed by atoms with Crippen LogP contribution in [0, 0.1) is 10.1 Å². The van der Waals surface area contributed by atoms with Gasteiger partial charge >= 0.3 is 6.09 Å². The quantitative estimate of drug-likeness (QED) is 0.682. The number of nitrogens with one attached hydrogen (secondary N) is 1. The molecule has 1 aliphatic rings. The summed E-state index contributed by atoms with van der Waals surface area (Å²) in [5.41, 5.74) is 2.55. The van der Waals surface area contributed by atoms with Crippen molar-refractivity contribution in [1.82, 2.24) is 5.32 Å². The lowest BCUT2D eigenvalue weighted by Crippen LogP contribution is -2.31. The minimum absolute atomic E-state index is 0.122. The highest BCUT2D eigenvalue weighted by molar-refractivity contribution is 5.68. The topological polar surface area (TPSA) is 81.5 Å². The molecule has 2 aromatic rings. The van der Waals surface area contributed by atoms with Gasteiger partial charge in [-0.2, -0.15) is 0 Å². The summed E-state index contributed by atoms with van der Waals surface area (Å²) in [6.45, 7) is 0.196. The molecule has 24 heavy (non-hydrogen) atoms. The lowest BCUT2D eigenvalue weighted by molar-refractivity contribution is -0.385. The second-order valence-corrected chi connectivity index (χ2v) is 5.75. The summed E-state index contributed by atoms with van der Waals surface area (Å²) < 4.78 is 5.24. The van der Waals surface area contributed by atoms with Crippen LogP contribution in [0.15, 0.2) is 48.5 Å². The number of nitro groups is 1. The third-order valence-corrected chi connectivity index (χ3v) is 4.18. The second kappa shape index (κ2) is 7.12. The number of fused-ring (bicyclic) bond motifs is 1. The molecular formula is C18H18N2O4. The molecule has 0 fully saturated rings. The molecule has 3 rings (SSSR count). The first-order valence-corrected chi connectivity index (χ1v) is 7.88. The first-order chi connectivity index (χ1) is 11.6. The average Bonchev–Trinajstić information content (AvgIpc) is 2.60. The number of carbonyl (C=O) groups excluding carboxylic acids is 1. The summed E-state index contributed by atoms with van der Waals surface area (Å²) in [5, 5.41) is 14.0. The number of nitro benzene ring substituents is 1. The van der Waals surface area contributed by atoms with Crippen molar-refractivity contribution < 1.29 is 14.5 Å². The van der Waals surface area contributed by atoms with Crippen LogP contribution in [0.1, 0.15) is 35.6 Å². The van der Waals surface area contributed by atoms with Gasteiger partial charge in [0.15, 0.2) is 0 Å². The third kappa shape index (κ3) is 3.53. The SMILES string of the molecule is O=C(N[C@H]1CCCc2c1cccc2[N+](=O)[O-])OCc1ccccc1. The summed E-state index contributed by atoms with van der Waals surface area (Å²) in [7, 11) is 0. The van der Waals surface area contributed by atoms with E-state index in [1.807, 2.05) is 36.4 Å². The van der Waals surface area contributed by atoms with E-state index >= 15 is 0 Å². The number of nitrogens with zero attached hydrogens (tertiary/aromatic N) is 1. The van der Waals surface area contributed by atoms with Crippen LogP contribution in [-0.2, 0) is 17.8 Å². The molecule has 0 bridgehead atoms. The number of ether oxygens (including phenoxy) is 1. The van der Waals surface area contributed by atoms with Crippen LogP contribution in [0.25, 0.3) is 0 Å². The smallest absolute Gasteiger partial charge is 0.407 e. The van der Waals surface area contributed by atoms with Gasteiger partial charge in [0.2, 0.25) is 0 Å². The molecule has 1 aliphatic carbocycles. The molecule has 1 amide bonds. The molecule has 1 atom stereocenters. The Labute approximate surface area is 139 Å². The van der Waals surface area contributed by atoms with E-state index in [0.29, 0.717) is 12.0 Å².